The summed E-state index contributed by atoms with van der Waals surface area (Å²) in [6, 6.07) is 10.8. The van der Waals surface area contributed by atoms with E-state index in [9.17, 15) is 38.0 Å². The van der Waals surface area contributed by atoms with Crippen LogP contribution in [0, 0.1) is 23.0 Å². The van der Waals surface area contributed by atoms with Crippen LogP contribution in [0.3, 0.4) is 0 Å². The predicted molar refractivity (Wildman–Crippen MR) is 115 cm³/mol. The number of aryl methyl sites for hydroxylation is 1. The molecule has 0 aliphatic carbocycles. The number of hydrogen-bond donors (Lipinski definition) is 3. The van der Waals surface area contributed by atoms with Crippen LogP contribution in [0.4, 0.5) is 23.7 Å². The second kappa shape index (κ2) is 8.55. The minimum Gasteiger partial charge on any atom is -0.459 e. The zero-order valence-corrected chi connectivity index (χ0v) is 18.0. The van der Waals surface area contributed by atoms with Crippen LogP contribution < -0.4 is 10.6 Å². The Bertz CT molecular complexity index is 1300. The van der Waals surface area contributed by atoms with Gasteiger partial charge >= 0.3 is 12.2 Å². The summed E-state index contributed by atoms with van der Waals surface area (Å²) in [5, 5.41) is 26.7. The summed E-state index contributed by atoms with van der Waals surface area (Å²) in [5.74, 6) is -4.75. The lowest BCUT2D eigenvalue weighted by Crippen LogP contribution is -2.66. The molecule has 3 N–H and O–H groups in total. The monoisotopic (exact) mass is 489 g/mol. The first-order chi connectivity index (χ1) is 16.4. The van der Waals surface area contributed by atoms with Crippen molar-refractivity contribution in [3.05, 3.63) is 87.7 Å². The molecule has 9 nitrogen and oxygen atoms in total. The third-order valence-corrected chi connectivity index (χ3v) is 5.70. The molecule has 1 aliphatic heterocycles. The van der Waals surface area contributed by atoms with Crippen LogP contribution in [-0.2, 0) is 10.5 Å². The van der Waals surface area contributed by atoms with E-state index in [2.05, 4.69) is 10.6 Å². The number of halogens is 3. The quantitative estimate of drug-likeness (QED) is 0.365. The van der Waals surface area contributed by atoms with Crippen molar-refractivity contribution in [2.24, 2.45) is 5.92 Å². The number of nitro groups is 1. The van der Waals surface area contributed by atoms with E-state index < -0.39 is 40.6 Å². The van der Waals surface area contributed by atoms with E-state index in [-0.39, 0.29) is 28.3 Å². The third kappa shape index (κ3) is 4.47. The molecule has 1 fully saturated rings. The standard InChI is InChI=1S/C23H18F3N3O6/c1-12-5-7-14(8-6-12)22(32)18(20(30)23(24,25)26)19(27-21(31)28-22)17-10-9-16(35-17)13-3-2-4-15(11-13)29(33)34/h2-11,18-19,32H,1H3,(H2,27,28,31)/t18-,19-,22+/m0/s1. The first kappa shape index (κ1) is 24.0. The molecule has 1 aromatic heterocycles. The number of amides is 2. The largest absolute Gasteiger partial charge is 0.459 e. The van der Waals surface area contributed by atoms with Crippen molar-refractivity contribution < 1.29 is 37.2 Å². The Morgan fingerprint density at radius 2 is 1.83 bits per heavy atom. The highest BCUT2D eigenvalue weighted by Crippen LogP contribution is 2.44. The van der Waals surface area contributed by atoms with E-state index in [1.165, 1.54) is 60.7 Å². The van der Waals surface area contributed by atoms with Crippen molar-refractivity contribution in [1.29, 1.82) is 0 Å². The Balaban J connectivity index is 1.81. The van der Waals surface area contributed by atoms with E-state index in [1.807, 2.05) is 0 Å². The molecule has 1 saturated heterocycles. The summed E-state index contributed by atoms with van der Waals surface area (Å²) >= 11 is 0. The highest BCUT2D eigenvalue weighted by Gasteiger charge is 2.60. The molecular weight excluding hydrogens is 471 g/mol. The molecule has 0 spiro atoms. The number of nitrogens with one attached hydrogen (secondary N) is 2. The van der Waals surface area contributed by atoms with Crippen LogP contribution in [0.2, 0.25) is 0 Å². The van der Waals surface area contributed by atoms with Gasteiger partial charge in [0.25, 0.3) is 5.69 Å². The average molecular weight is 489 g/mol. The zero-order chi connectivity index (χ0) is 25.5. The van der Waals surface area contributed by atoms with Crippen molar-refractivity contribution in [2.45, 2.75) is 24.9 Å². The average Bonchev–Trinajstić information content (AvgIpc) is 3.28. The predicted octanol–water partition coefficient (Wildman–Crippen LogP) is 4.11. The number of nitro benzene ring substituents is 1. The van der Waals surface area contributed by atoms with Gasteiger partial charge in [0.05, 0.1) is 4.92 Å². The fraction of sp³-hybridized carbons (Fsp3) is 0.217. The Kier molecular flexibility index (Phi) is 5.85. The SMILES string of the molecule is Cc1ccc([C@]2(O)NC(=O)N[C@@H](c3ccc(-c4cccc([N+](=O)[O-])c4)o3)[C@H]2C(=O)C(F)(F)F)cc1. The molecule has 3 atom stereocenters. The second-order valence-corrected chi connectivity index (χ2v) is 8.06. The van der Waals surface area contributed by atoms with Crippen LogP contribution in [0.25, 0.3) is 11.3 Å². The van der Waals surface area contributed by atoms with Crippen LogP contribution in [-0.4, -0.2) is 28.0 Å². The van der Waals surface area contributed by atoms with Gasteiger partial charge in [-0.3, -0.25) is 14.9 Å². The van der Waals surface area contributed by atoms with Gasteiger partial charge in [-0.15, -0.1) is 0 Å². The maximum absolute atomic E-state index is 13.6. The smallest absolute Gasteiger partial charge is 0.450 e. The second-order valence-electron chi connectivity index (χ2n) is 8.06. The number of rotatable bonds is 5. The lowest BCUT2D eigenvalue weighted by molar-refractivity contribution is -0.384. The molecule has 35 heavy (non-hydrogen) atoms. The van der Waals surface area contributed by atoms with E-state index in [4.69, 9.17) is 4.42 Å². The van der Waals surface area contributed by atoms with Gasteiger partial charge in [-0.05, 0) is 19.1 Å². The van der Waals surface area contributed by atoms with E-state index >= 15 is 0 Å². The number of hydrogen-bond acceptors (Lipinski definition) is 6. The van der Waals surface area contributed by atoms with Gasteiger partial charge in [-0.25, -0.2) is 4.79 Å². The molecule has 2 aromatic carbocycles. The van der Waals surface area contributed by atoms with Crippen LogP contribution >= 0.6 is 0 Å². The third-order valence-electron chi connectivity index (χ3n) is 5.70. The Labute approximate surface area is 195 Å². The number of nitrogens with zero attached hydrogens (tertiary/aromatic N) is 1. The number of non-ortho nitro benzene ring substituents is 1. The first-order valence-corrected chi connectivity index (χ1v) is 10.2. The minimum atomic E-state index is -5.35. The van der Waals surface area contributed by atoms with Crippen molar-refractivity contribution in [2.75, 3.05) is 0 Å². The molecule has 0 radical (unpaired) electrons. The molecule has 2 heterocycles. The van der Waals surface area contributed by atoms with Gasteiger partial charge in [0.1, 0.15) is 23.5 Å². The number of ketones is 1. The highest BCUT2D eigenvalue weighted by molar-refractivity contribution is 5.91. The van der Waals surface area contributed by atoms with E-state index in [0.29, 0.717) is 0 Å². The number of benzene rings is 2. The number of aliphatic hydroxyl groups is 1. The molecular formula is C23H18F3N3O6. The highest BCUT2D eigenvalue weighted by atomic mass is 19.4. The van der Waals surface area contributed by atoms with Gasteiger partial charge in [-0.2, -0.15) is 13.2 Å². The molecule has 3 aromatic rings. The zero-order valence-electron chi connectivity index (χ0n) is 18.0. The van der Waals surface area contributed by atoms with Gasteiger partial charge in [0, 0.05) is 23.3 Å². The van der Waals surface area contributed by atoms with Gasteiger partial charge < -0.3 is 20.2 Å². The molecule has 0 bridgehead atoms. The summed E-state index contributed by atoms with van der Waals surface area (Å²) in [6.45, 7) is 1.72. The molecule has 1 aliphatic rings. The van der Waals surface area contributed by atoms with Crippen molar-refractivity contribution >= 4 is 17.5 Å². The number of alkyl halides is 3. The summed E-state index contributed by atoms with van der Waals surface area (Å²) in [5.41, 5.74) is -2.10. The topological polar surface area (TPSA) is 135 Å². The molecule has 0 unspecified atom stereocenters. The Morgan fingerprint density at radius 1 is 1.14 bits per heavy atom. The maximum Gasteiger partial charge on any atom is 0.450 e. The maximum atomic E-state index is 13.6. The molecule has 4 rings (SSSR count). The van der Waals surface area contributed by atoms with Crippen LogP contribution in [0.5, 0.6) is 0 Å². The lowest BCUT2D eigenvalue weighted by atomic mass is 9.77. The fourth-order valence-corrected chi connectivity index (χ4v) is 4.01. The minimum absolute atomic E-state index is 0.0496. The van der Waals surface area contributed by atoms with Gasteiger partial charge in [-0.1, -0.05) is 42.0 Å². The molecule has 0 saturated carbocycles. The fourth-order valence-electron chi connectivity index (χ4n) is 4.01. The number of carbonyl (C=O) groups excluding carboxylic acids is 2. The van der Waals surface area contributed by atoms with Crippen molar-refractivity contribution in [1.82, 2.24) is 10.6 Å². The van der Waals surface area contributed by atoms with Gasteiger partial charge in [0.2, 0.25) is 5.78 Å². The first-order valence-electron chi connectivity index (χ1n) is 10.2. The lowest BCUT2D eigenvalue weighted by Gasteiger charge is -2.44. The van der Waals surface area contributed by atoms with Gasteiger partial charge in [0.15, 0.2) is 5.72 Å². The summed E-state index contributed by atoms with van der Waals surface area (Å²) < 4.78 is 46.6. The number of Topliss-reactive ketones (excluding diaryl/α,β-unsaturated/α-hetero) is 1. The summed E-state index contributed by atoms with van der Waals surface area (Å²) in [4.78, 5) is 35.4. The van der Waals surface area contributed by atoms with Crippen LogP contribution in [0.1, 0.15) is 22.9 Å². The summed E-state index contributed by atoms with van der Waals surface area (Å²) in [7, 11) is 0. The van der Waals surface area contributed by atoms with Crippen LogP contribution in [0.15, 0.2) is 65.1 Å². The number of urea groups is 1. The van der Waals surface area contributed by atoms with Crippen molar-refractivity contribution in [3.63, 3.8) is 0 Å². The Morgan fingerprint density at radius 3 is 2.46 bits per heavy atom. The molecule has 12 heteroatoms. The van der Waals surface area contributed by atoms with E-state index in [0.717, 1.165) is 5.56 Å². The normalized spacial score (nSPS) is 22.3. The van der Waals surface area contributed by atoms with Crippen molar-refractivity contribution in [3.8, 4) is 11.3 Å². The number of furan rings is 1. The molecule has 182 valence electrons. The number of carbonyl (C=O) groups is 2. The summed E-state index contributed by atoms with van der Waals surface area (Å²) in [6.07, 6.45) is -5.35. The van der Waals surface area contributed by atoms with E-state index in [1.54, 1.807) is 6.92 Å². The molecule has 2 amide bonds. The Hall–Kier alpha value is -4.19.